The van der Waals surface area contributed by atoms with Crippen LogP contribution in [0.5, 0.6) is 5.75 Å². The Balaban J connectivity index is 2.08. The average Bonchev–Trinajstić information content (AvgIpc) is 2.81. The fourth-order valence-corrected chi connectivity index (χ4v) is 2.76. The van der Waals surface area contributed by atoms with E-state index >= 15 is 0 Å². The molecule has 1 heterocycles. The van der Waals surface area contributed by atoms with E-state index in [0.29, 0.717) is 11.6 Å². The highest BCUT2D eigenvalue weighted by molar-refractivity contribution is 7.11. The van der Waals surface area contributed by atoms with Crippen molar-refractivity contribution >= 4 is 17.3 Å². The third-order valence-corrected chi connectivity index (χ3v) is 3.62. The fourth-order valence-electron chi connectivity index (χ4n) is 1.69. The maximum absolute atomic E-state index is 11.1. The largest absolute Gasteiger partial charge is 0.486 e. The Hall–Kier alpha value is -1.88. The van der Waals surface area contributed by atoms with Crippen molar-refractivity contribution in [2.45, 2.75) is 26.4 Å². The zero-order valence-corrected chi connectivity index (χ0v) is 11.4. The number of thiazole rings is 1. The van der Waals surface area contributed by atoms with E-state index in [0.717, 1.165) is 23.5 Å². The molecule has 2 rings (SSSR count). The Kier molecular flexibility index (Phi) is 4.52. The molecule has 0 atom stereocenters. The molecule has 0 fully saturated rings. The quantitative estimate of drug-likeness (QED) is 0.879. The number of carbonyl (C=O) groups is 1. The molecule has 0 saturated heterocycles. The Morgan fingerprint density at radius 2 is 2.11 bits per heavy atom. The van der Waals surface area contributed by atoms with E-state index < -0.39 is 5.97 Å². The second-order valence-electron chi connectivity index (χ2n) is 4.04. The molecule has 1 N–H and O–H groups in total. The number of aryl methyl sites for hydroxylation is 1. The van der Waals surface area contributed by atoms with Gasteiger partial charge in [0.1, 0.15) is 17.4 Å². The average molecular weight is 277 g/mol. The molecule has 1 aromatic heterocycles. The molecule has 1 aromatic carbocycles. The smallest absolute Gasteiger partial charge is 0.355 e. The second-order valence-corrected chi connectivity index (χ2v) is 5.20. The van der Waals surface area contributed by atoms with Gasteiger partial charge >= 0.3 is 5.97 Å². The molecule has 0 aliphatic carbocycles. The number of rotatable bonds is 6. The summed E-state index contributed by atoms with van der Waals surface area (Å²) in [5.41, 5.74) is 0.165. The number of aromatic carboxylic acids is 1. The first-order chi connectivity index (χ1) is 9.20. The zero-order valence-electron chi connectivity index (χ0n) is 10.6. The Labute approximate surface area is 115 Å². The molecule has 0 aliphatic rings. The molecule has 5 heteroatoms. The maximum atomic E-state index is 11.1. The Morgan fingerprint density at radius 3 is 2.74 bits per heavy atom. The van der Waals surface area contributed by atoms with Crippen LogP contribution in [0, 0.1) is 0 Å². The first-order valence-corrected chi connectivity index (χ1v) is 6.92. The van der Waals surface area contributed by atoms with E-state index in [1.807, 2.05) is 37.3 Å². The van der Waals surface area contributed by atoms with Crippen LogP contribution in [0.4, 0.5) is 0 Å². The van der Waals surface area contributed by atoms with Crippen LogP contribution >= 0.6 is 11.3 Å². The summed E-state index contributed by atoms with van der Waals surface area (Å²) in [5, 5.41) is 9.79. The van der Waals surface area contributed by atoms with Gasteiger partial charge in [0.25, 0.3) is 0 Å². The molecule has 0 unspecified atom stereocenters. The summed E-state index contributed by atoms with van der Waals surface area (Å²) in [4.78, 5) is 16.0. The molecule has 4 nitrogen and oxygen atoms in total. The summed E-state index contributed by atoms with van der Waals surface area (Å²) in [5.74, 6) is -0.211. The summed E-state index contributed by atoms with van der Waals surface area (Å²) >= 11 is 1.41. The number of benzene rings is 1. The summed E-state index contributed by atoms with van der Waals surface area (Å²) in [6, 6.07) is 9.42. The lowest BCUT2D eigenvalue weighted by molar-refractivity contribution is 0.0690. The van der Waals surface area contributed by atoms with Crippen molar-refractivity contribution in [2.75, 3.05) is 0 Å². The van der Waals surface area contributed by atoms with Gasteiger partial charge in [0.15, 0.2) is 5.69 Å². The van der Waals surface area contributed by atoms with Gasteiger partial charge in [-0.2, -0.15) is 0 Å². The molecule has 0 bridgehead atoms. The minimum Gasteiger partial charge on any atom is -0.486 e. The first-order valence-electron chi connectivity index (χ1n) is 6.10. The van der Waals surface area contributed by atoms with E-state index in [2.05, 4.69) is 4.98 Å². The number of aromatic nitrogens is 1. The summed E-state index contributed by atoms with van der Waals surface area (Å²) in [7, 11) is 0. The topological polar surface area (TPSA) is 59.4 Å². The molecule has 0 radical (unpaired) electrons. The summed E-state index contributed by atoms with van der Waals surface area (Å²) < 4.78 is 5.57. The second kappa shape index (κ2) is 6.33. The molecular weight excluding hydrogens is 262 g/mol. The number of nitrogens with zero attached hydrogens (tertiary/aromatic N) is 1. The monoisotopic (exact) mass is 277 g/mol. The number of para-hydroxylation sites is 1. The van der Waals surface area contributed by atoms with Gasteiger partial charge in [-0.05, 0) is 18.6 Å². The van der Waals surface area contributed by atoms with Gasteiger partial charge < -0.3 is 9.84 Å². The van der Waals surface area contributed by atoms with Crippen molar-refractivity contribution in [3.05, 3.63) is 45.9 Å². The van der Waals surface area contributed by atoms with Crippen LogP contribution in [0.1, 0.15) is 33.7 Å². The SMILES string of the molecule is CCCc1sc(COc2ccccc2)nc1C(=O)O. The van der Waals surface area contributed by atoms with Gasteiger partial charge in [0, 0.05) is 4.88 Å². The molecule has 2 aromatic rings. The predicted octanol–water partition coefficient (Wildman–Crippen LogP) is 3.37. The van der Waals surface area contributed by atoms with Crippen molar-refractivity contribution in [1.29, 1.82) is 0 Å². The van der Waals surface area contributed by atoms with Crippen molar-refractivity contribution in [1.82, 2.24) is 4.98 Å². The van der Waals surface area contributed by atoms with Crippen LogP contribution < -0.4 is 4.74 Å². The molecule has 0 aliphatic heterocycles. The number of hydrogen-bond acceptors (Lipinski definition) is 4. The number of ether oxygens (including phenoxy) is 1. The number of carboxylic acids is 1. The highest BCUT2D eigenvalue weighted by atomic mass is 32.1. The van der Waals surface area contributed by atoms with Gasteiger partial charge in [0.2, 0.25) is 0 Å². The highest BCUT2D eigenvalue weighted by Gasteiger charge is 2.16. The number of carboxylic acid groups (broad SMARTS) is 1. The minimum absolute atomic E-state index is 0.165. The van der Waals surface area contributed by atoms with Crippen molar-refractivity contribution in [3.8, 4) is 5.75 Å². The van der Waals surface area contributed by atoms with E-state index in [1.165, 1.54) is 11.3 Å². The standard InChI is InChI=1S/C14H15NO3S/c1-2-6-11-13(14(16)17)15-12(19-11)9-18-10-7-4-3-5-8-10/h3-5,7-8H,2,6,9H2,1H3,(H,16,17). The Morgan fingerprint density at radius 1 is 1.37 bits per heavy atom. The minimum atomic E-state index is -0.967. The Bertz CT molecular complexity index is 551. The summed E-state index contributed by atoms with van der Waals surface area (Å²) in [6.07, 6.45) is 1.64. The van der Waals surface area contributed by atoms with Crippen LogP contribution in [0.3, 0.4) is 0 Å². The molecule has 100 valence electrons. The molecule has 19 heavy (non-hydrogen) atoms. The predicted molar refractivity (Wildman–Crippen MR) is 73.8 cm³/mol. The highest BCUT2D eigenvalue weighted by Crippen LogP contribution is 2.22. The maximum Gasteiger partial charge on any atom is 0.355 e. The van der Waals surface area contributed by atoms with Gasteiger partial charge in [0.05, 0.1) is 0 Å². The molecule has 0 amide bonds. The van der Waals surface area contributed by atoms with E-state index in [4.69, 9.17) is 9.84 Å². The van der Waals surface area contributed by atoms with Crippen molar-refractivity contribution < 1.29 is 14.6 Å². The van der Waals surface area contributed by atoms with E-state index in [-0.39, 0.29) is 5.69 Å². The molecule has 0 saturated carbocycles. The fraction of sp³-hybridized carbons (Fsp3) is 0.286. The third kappa shape index (κ3) is 3.54. The van der Waals surface area contributed by atoms with Crippen LogP contribution in [0.15, 0.2) is 30.3 Å². The molecule has 0 spiro atoms. The lowest BCUT2D eigenvalue weighted by atomic mass is 10.2. The zero-order chi connectivity index (χ0) is 13.7. The first kappa shape index (κ1) is 13.5. The van der Waals surface area contributed by atoms with Crippen LogP contribution in [0.2, 0.25) is 0 Å². The molecular formula is C14H15NO3S. The van der Waals surface area contributed by atoms with Gasteiger partial charge in [-0.25, -0.2) is 9.78 Å². The van der Waals surface area contributed by atoms with Crippen LogP contribution in [-0.2, 0) is 13.0 Å². The van der Waals surface area contributed by atoms with Crippen LogP contribution in [-0.4, -0.2) is 16.1 Å². The number of hydrogen-bond donors (Lipinski definition) is 1. The van der Waals surface area contributed by atoms with Gasteiger partial charge in [-0.1, -0.05) is 31.5 Å². The van der Waals surface area contributed by atoms with Crippen LogP contribution in [0.25, 0.3) is 0 Å². The van der Waals surface area contributed by atoms with Crippen molar-refractivity contribution in [2.24, 2.45) is 0 Å². The third-order valence-electron chi connectivity index (χ3n) is 2.53. The normalized spacial score (nSPS) is 10.4. The van der Waals surface area contributed by atoms with Gasteiger partial charge in [-0.15, -0.1) is 11.3 Å². The van der Waals surface area contributed by atoms with E-state index in [1.54, 1.807) is 0 Å². The van der Waals surface area contributed by atoms with E-state index in [9.17, 15) is 4.79 Å². The lowest BCUT2D eigenvalue weighted by Gasteiger charge is -2.02. The van der Waals surface area contributed by atoms with Gasteiger partial charge in [-0.3, -0.25) is 0 Å². The van der Waals surface area contributed by atoms with Crippen molar-refractivity contribution in [3.63, 3.8) is 0 Å². The summed E-state index contributed by atoms with van der Waals surface area (Å²) in [6.45, 7) is 2.32. The lowest BCUT2D eigenvalue weighted by Crippen LogP contribution is -2.01.